The van der Waals surface area contributed by atoms with Crippen LogP contribution in [-0.4, -0.2) is 23.1 Å². The monoisotopic (exact) mass is 198 g/mol. The molecule has 3 nitrogen and oxygen atoms in total. The van der Waals surface area contributed by atoms with Crippen LogP contribution in [0.4, 0.5) is 14.6 Å². The van der Waals surface area contributed by atoms with Crippen LogP contribution >= 0.6 is 0 Å². The zero-order valence-corrected chi connectivity index (χ0v) is 7.63. The van der Waals surface area contributed by atoms with Crippen LogP contribution in [0.2, 0.25) is 0 Å². The summed E-state index contributed by atoms with van der Waals surface area (Å²) in [6, 6.07) is 0. The highest BCUT2D eigenvalue weighted by atomic mass is 19.2. The van der Waals surface area contributed by atoms with Crippen LogP contribution in [0.1, 0.15) is 19.3 Å². The predicted octanol–water partition coefficient (Wildman–Crippen LogP) is 1.55. The lowest BCUT2D eigenvalue weighted by molar-refractivity contribution is 0.463. The Bertz CT molecular complexity index is 324. The molecule has 1 fully saturated rings. The molecule has 0 aromatic carbocycles. The molecular weight excluding hydrogens is 188 g/mol. The highest BCUT2D eigenvalue weighted by Crippen LogP contribution is 2.20. The molecule has 1 aromatic heterocycles. The van der Waals surface area contributed by atoms with Gasteiger partial charge in [0.2, 0.25) is 12.1 Å². The molecule has 1 aromatic rings. The fourth-order valence-electron chi connectivity index (χ4n) is 1.62. The molecule has 14 heavy (non-hydrogen) atoms. The first-order valence-electron chi connectivity index (χ1n) is 4.63. The normalized spacial score (nSPS) is 17.1. The standard InChI is InChI=1S/C9H10F2N3/c10-7-8(11)12-6-13-9(7)14-4-2-1-3-5-14/h1-5H2. The van der Waals surface area contributed by atoms with E-state index < -0.39 is 11.8 Å². The first-order chi connectivity index (χ1) is 6.79. The molecule has 1 aliphatic rings. The largest absolute Gasteiger partial charge is 0.354 e. The molecule has 1 radical (unpaired) electrons. The second-order valence-corrected chi connectivity index (χ2v) is 3.30. The summed E-state index contributed by atoms with van der Waals surface area (Å²) in [6.07, 6.45) is 5.23. The van der Waals surface area contributed by atoms with E-state index in [0.717, 1.165) is 32.4 Å². The predicted molar refractivity (Wildman–Crippen MR) is 46.8 cm³/mol. The maximum Gasteiger partial charge on any atom is 0.254 e. The SMILES string of the molecule is Fc1n[c]nc(N2CCCCC2)c1F. The number of piperidine rings is 1. The number of hydrogen-bond acceptors (Lipinski definition) is 3. The number of anilines is 1. The fraction of sp³-hybridized carbons (Fsp3) is 0.556. The van der Waals surface area contributed by atoms with Gasteiger partial charge in [0.05, 0.1) is 0 Å². The van der Waals surface area contributed by atoms with Crippen molar-refractivity contribution < 1.29 is 8.78 Å². The van der Waals surface area contributed by atoms with Crippen LogP contribution in [0.5, 0.6) is 0 Å². The van der Waals surface area contributed by atoms with Gasteiger partial charge in [0, 0.05) is 13.1 Å². The Morgan fingerprint density at radius 1 is 1.07 bits per heavy atom. The van der Waals surface area contributed by atoms with Gasteiger partial charge in [-0.25, -0.2) is 4.98 Å². The van der Waals surface area contributed by atoms with E-state index in [1.807, 2.05) is 0 Å². The van der Waals surface area contributed by atoms with Gasteiger partial charge in [0.15, 0.2) is 5.82 Å². The van der Waals surface area contributed by atoms with E-state index in [1.54, 1.807) is 4.90 Å². The van der Waals surface area contributed by atoms with Crippen LogP contribution in [-0.2, 0) is 0 Å². The second kappa shape index (κ2) is 3.86. The van der Waals surface area contributed by atoms with Gasteiger partial charge in [0.1, 0.15) is 0 Å². The van der Waals surface area contributed by atoms with Crippen molar-refractivity contribution in [1.82, 2.24) is 9.97 Å². The number of nitrogens with zero attached hydrogens (tertiary/aromatic N) is 3. The first-order valence-corrected chi connectivity index (χ1v) is 4.63. The van der Waals surface area contributed by atoms with Crippen LogP contribution in [0.15, 0.2) is 0 Å². The van der Waals surface area contributed by atoms with Crippen molar-refractivity contribution in [2.75, 3.05) is 18.0 Å². The molecule has 0 saturated carbocycles. The fourth-order valence-corrected chi connectivity index (χ4v) is 1.62. The minimum atomic E-state index is -1.12. The molecule has 2 rings (SSSR count). The van der Waals surface area contributed by atoms with E-state index in [9.17, 15) is 8.78 Å². The van der Waals surface area contributed by atoms with E-state index >= 15 is 0 Å². The smallest absolute Gasteiger partial charge is 0.254 e. The summed E-state index contributed by atoms with van der Waals surface area (Å²) < 4.78 is 26.0. The Morgan fingerprint density at radius 2 is 1.79 bits per heavy atom. The summed E-state index contributed by atoms with van der Waals surface area (Å²) in [7, 11) is 0. The Labute approximate surface area is 80.8 Å². The van der Waals surface area contributed by atoms with E-state index in [4.69, 9.17) is 0 Å². The molecule has 0 unspecified atom stereocenters. The third-order valence-electron chi connectivity index (χ3n) is 2.34. The molecule has 1 aliphatic heterocycles. The summed E-state index contributed by atoms with van der Waals surface area (Å²) >= 11 is 0. The number of halogens is 2. The summed E-state index contributed by atoms with van der Waals surface area (Å²) in [4.78, 5) is 8.40. The van der Waals surface area contributed by atoms with E-state index in [-0.39, 0.29) is 5.82 Å². The van der Waals surface area contributed by atoms with E-state index in [0.29, 0.717) is 0 Å². The lowest BCUT2D eigenvalue weighted by Crippen LogP contribution is -2.31. The van der Waals surface area contributed by atoms with Crippen molar-refractivity contribution in [3.63, 3.8) is 0 Å². The number of aromatic nitrogens is 2. The molecule has 2 heterocycles. The van der Waals surface area contributed by atoms with Gasteiger partial charge < -0.3 is 4.90 Å². The maximum atomic E-state index is 13.2. The summed E-state index contributed by atoms with van der Waals surface area (Å²) in [5, 5.41) is 0. The molecule has 0 aliphatic carbocycles. The molecule has 75 valence electrons. The third kappa shape index (κ3) is 1.66. The van der Waals surface area contributed by atoms with Crippen molar-refractivity contribution >= 4 is 5.82 Å². The molecule has 1 saturated heterocycles. The van der Waals surface area contributed by atoms with Crippen molar-refractivity contribution in [3.05, 3.63) is 18.1 Å². The van der Waals surface area contributed by atoms with Gasteiger partial charge in [0.25, 0.3) is 5.95 Å². The molecule has 0 N–H and O–H groups in total. The van der Waals surface area contributed by atoms with Crippen LogP contribution < -0.4 is 4.90 Å². The Morgan fingerprint density at radius 3 is 2.50 bits per heavy atom. The van der Waals surface area contributed by atoms with Crippen LogP contribution in [0.3, 0.4) is 0 Å². The summed E-state index contributed by atoms with van der Waals surface area (Å²) in [6.45, 7) is 1.45. The van der Waals surface area contributed by atoms with Gasteiger partial charge in [-0.1, -0.05) is 0 Å². The molecule has 0 atom stereocenters. The van der Waals surface area contributed by atoms with Crippen LogP contribution in [0, 0.1) is 18.1 Å². The topological polar surface area (TPSA) is 29.0 Å². The number of hydrogen-bond donors (Lipinski definition) is 0. The second-order valence-electron chi connectivity index (χ2n) is 3.30. The average molecular weight is 198 g/mol. The lowest BCUT2D eigenvalue weighted by Gasteiger charge is -2.27. The average Bonchev–Trinajstić information content (AvgIpc) is 2.23. The molecule has 0 spiro atoms. The molecule has 5 heteroatoms. The first kappa shape index (κ1) is 9.30. The van der Waals surface area contributed by atoms with Gasteiger partial charge in [-0.3, -0.25) is 0 Å². The van der Waals surface area contributed by atoms with E-state index in [1.165, 1.54) is 0 Å². The van der Waals surface area contributed by atoms with Gasteiger partial charge in [-0.15, -0.1) is 0 Å². The van der Waals surface area contributed by atoms with Crippen LogP contribution in [0.25, 0.3) is 0 Å². The molecule has 0 bridgehead atoms. The van der Waals surface area contributed by atoms with Crippen molar-refractivity contribution in [1.29, 1.82) is 0 Å². The third-order valence-corrected chi connectivity index (χ3v) is 2.34. The Hall–Kier alpha value is -1.26. The minimum Gasteiger partial charge on any atom is -0.354 e. The van der Waals surface area contributed by atoms with Gasteiger partial charge in [-0.05, 0) is 19.3 Å². The highest BCUT2D eigenvalue weighted by molar-refractivity contribution is 5.38. The maximum absolute atomic E-state index is 13.2. The highest BCUT2D eigenvalue weighted by Gasteiger charge is 2.19. The minimum absolute atomic E-state index is 0.0391. The van der Waals surface area contributed by atoms with Crippen molar-refractivity contribution in [3.8, 4) is 0 Å². The van der Waals surface area contributed by atoms with Crippen molar-refractivity contribution in [2.24, 2.45) is 0 Å². The Kier molecular flexibility index (Phi) is 2.56. The van der Waals surface area contributed by atoms with Crippen molar-refractivity contribution in [2.45, 2.75) is 19.3 Å². The zero-order valence-electron chi connectivity index (χ0n) is 7.63. The summed E-state index contributed by atoms with van der Waals surface area (Å²) in [5.41, 5.74) is 0. The molecule has 0 amide bonds. The molecular formula is C9H10F2N3. The van der Waals surface area contributed by atoms with Gasteiger partial charge in [-0.2, -0.15) is 13.8 Å². The Balaban J connectivity index is 2.26. The van der Waals surface area contributed by atoms with E-state index in [2.05, 4.69) is 16.3 Å². The quantitative estimate of drug-likeness (QED) is 0.641. The summed E-state index contributed by atoms with van der Waals surface area (Å²) in [5.74, 6) is -2.05. The number of rotatable bonds is 1. The lowest BCUT2D eigenvalue weighted by atomic mass is 10.1. The zero-order chi connectivity index (χ0) is 9.97. The van der Waals surface area contributed by atoms with Gasteiger partial charge >= 0.3 is 0 Å².